The van der Waals surface area contributed by atoms with E-state index in [4.69, 9.17) is 0 Å². The van der Waals surface area contributed by atoms with E-state index in [-0.39, 0.29) is 5.91 Å². The van der Waals surface area contributed by atoms with Gasteiger partial charge in [0.15, 0.2) is 0 Å². The molecule has 1 saturated heterocycles. The van der Waals surface area contributed by atoms with Gasteiger partial charge in [-0.2, -0.15) is 0 Å². The van der Waals surface area contributed by atoms with Gasteiger partial charge < -0.3 is 4.90 Å². The molecule has 4 rings (SSSR count). The second kappa shape index (κ2) is 4.85. The minimum atomic E-state index is 0.171. The van der Waals surface area contributed by atoms with Crippen LogP contribution in [0.15, 0.2) is 36.4 Å². The van der Waals surface area contributed by atoms with Crippen LogP contribution in [0.2, 0.25) is 0 Å². The number of carbonyl (C=O) groups excluding carboxylic acids is 1. The number of amides is 1. The summed E-state index contributed by atoms with van der Waals surface area (Å²) < 4.78 is 0. The van der Waals surface area contributed by atoms with Gasteiger partial charge in [0.1, 0.15) is 0 Å². The van der Waals surface area contributed by atoms with Crippen LogP contribution in [0, 0.1) is 0 Å². The van der Waals surface area contributed by atoms with E-state index < -0.39 is 0 Å². The van der Waals surface area contributed by atoms with Crippen molar-refractivity contribution in [1.82, 2.24) is 4.90 Å². The number of carbonyl (C=O) groups is 1. The van der Waals surface area contributed by atoms with Crippen molar-refractivity contribution in [2.75, 3.05) is 24.5 Å². The fraction of sp³-hybridized carbons (Fsp3) is 0.389. The van der Waals surface area contributed by atoms with Gasteiger partial charge >= 0.3 is 0 Å². The predicted molar refractivity (Wildman–Crippen MR) is 85.9 cm³/mol. The highest BCUT2D eigenvalue weighted by Gasteiger charge is 2.33. The van der Waals surface area contributed by atoms with Gasteiger partial charge in [-0.3, -0.25) is 9.69 Å². The van der Waals surface area contributed by atoms with E-state index in [1.54, 1.807) is 0 Å². The average molecular weight is 280 g/mol. The third kappa shape index (κ3) is 1.88. The summed E-state index contributed by atoms with van der Waals surface area (Å²) in [6.07, 6.45) is 2.45. The van der Waals surface area contributed by atoms with Crippen molar-refractivity contribution >= 4 is 22.4 Å². The molecule has 1 amide bonds. The smallest absolute Gasteiger partial charge is 0.259 e. The van der Waals surface area contributed by atoms with Crippen molar-refractivity contribution in [3.8, 4) is 0 Å². The van der Waals surface area contributed by atoms with E-state index in [9.17, 15) is 4.79 Å². The van der Waals surface area contributed by atoms with Crippen molar-refractivity contribution in [3.63, 3.8) is 0 Å². The fourth-order valence-electron chi connectivity index (χ4n) is 3.89. The van der Waals surface area contributed by atoms with Crippen LogP contribution in [0.4, 0.5) is 5.69 Å². The first-order valence-electron chi connectivity index (χ1n) is 7.87. The van der Waals surface area contributed by atoms with Gasteiger partial charge in [-0.05, 0) is 43.5 Å². The molecule has 2 aromatic carbocycles. The maximum absolute atomic E-state index is 12.8. The Labute approximate surface area is 125 Å². The maximum atomic E-state index is 12.8. The van der Waals surface area contributed by atoms with Gasteiger partial charge in [-0.1, -0.05) is 31.2 Å². The highest BCUT2D eigenvalue weighted by molar-refractivity contribution is 6.25. The maximum Gasteiger partial charge on any atom is 0.259 e. The molecule has 2 aromatic rings. The van der Waals surface area contributed by atoms with Crippen molar-refractivity contribution in [2.45, 2.75) is 25.8 Å². The van der Waals surface area contributed by atoms with Gasteiger partial charge in [0, 0.05) is 23.5 Å². The van der Waals surface area contributed by atoms with Crippen LogP contribution in [-0.2, 0) is 0 Å². The van der Waals surface area contributed by atoms with E-state index in [2.05, 4.69) is 36.1 Å². The Balaban J connectivity index is 1.72. The third-order valence-electron chi connectivity index (χ3n) is 4.95. The Morgan fingerprint density at radius 1 is 1.19 bits per heavy atom. The largest absolute Gasteiger partial charge is 0.306 e. The molecule has 0 aromatic heterocycles. The summed E-state index contributed by atoms with van der Waals surface area (Å²) in [5, 5.41) is 2.30. The number of likely N-dealkylation sites (N-methyl/N-ethyl adjacent to an activating group) is 1. The highest BCUT2D eigenvalue weighted by atomic mass is 16.2. The van der Waals surface area contributed by atoms with E-state index >= 15 is 0 Å². The van der Waals surface area contributed by atoms with E-state index in [1.165, 1.54) is 24.8 Å². The van der Waals surface area contributed by atoms with E-state index in [1.807, 2.05) is 17.0 Å². The summed E-state index contributed by atoms with van der Waals surface area (Å²) in [4.78, 5) is 17.3. The molecule has 0 saturated carbocycles. The van der Waals surface area contributed by atoms with Crippen LogP contribution in [0.25, 0.3) is 10.8 Å². The molecule has 3 heteroatoms. The van der Waals surface area contributed by atoms with Crippen molar-refractivity contribution in [1.29, 1.82) is 0 Å². The molecule has 0 unspecified atom stereocenters. The highest BCUT2D eigenvalue weighted by Crippen LogP contribution is 2.37. The Kier molecular flexibility index (Phi) is 2.96. The Morgan fingerprint density at radius 2 is 2.00 bits per heavy atom. The Hall–Kier alpha value is -1.87. The van der Waals surface area contributed by atoms with Crippen LogP contribution < -0.4 is 4.90 Å². The topological polar surface area (TPSA) is 23.6 Å². The SMILES string of the molecule is CCN1CCC[C@@H]1CN1C(=O)c2cccc3cccc1c23. The molecule has 0 spiro atoms. The van der Waals surface area contributed by atoms with E-state index in [0.717, 1.165) is 29.7 Å². The lowest BCUT2D eigenvalue weighted by atomic mass is 10.1. The summed E-state index contributed by atoms with van der Waals surface area (Å²) in [6.45, 7) is 5.27. The molecule has 21 heavy (non-hydrogen) atoms. The van der Waals surface area contributed by atoms with Gasteiger partial charge in [-0.15, -0.1) is 0 Å². The zero-order valence-corrected chi connectivity index (χ0v) is 12.4. The Bertz CT molecular complexity index is 704. The molecule has 2 aliphatic rings. The van der Waals surface area contributed by atoms with Crippen molar-refractivity contribution < 1.29 is 4.79 Å². The summed E-state index contributed by atoms with van der Waals surface area (Å²) in [5.74, 6) is 0.171. The van der Waals surface area contributed by atoms with Gasteiger partial charge in [0.05, 0.1) is 5.69 Å². The summed E-state index contributed by atoms with van der Waals surface area (Å²) in [7, 11) is 0. The zero-order chi connectivity index (χ0) is 14.4. The number of nitrogens with zero attached hydrogens (tertiary/aromatic N) is 2. The molecule has 2 aliphatic heterocycles. The van der Waals surface area contributed by atoms with Crippen LogP contribution >= 0.6 is 0 Å². The average Bonchev–Trinajstić information content (AvgIpc) is 3.07. The number of rotatable bonds is 3. The first-order valence-corrected chi connectivity index (χ1v) is 7.87. The fourth-order valence-corrected chi connectivity index (χ4v) is 3.89. The summed E-state index contributed by atoms with van der Waals surface area (Å²) >= 11 is 0. The standard InChI is InChI=1S/C18H20N2O/c1-2-19-11-5-8-14(19)12-20-16-10-4-7-13-6-3-9-15(17(13)16)18(20)21/h3-4,6-7,9-10,14H,2,5,8,11-12H2,1H3/t14-/m1/s1. The Morgan fingerprint density at radius 3 is 2.81 bits per heavy atom. The third-order valence-corrected chi connectivity index (χ3v) is 4.95. The van der Waals surface area contributed by atoms with Crippen molar-refractivity contribution in [2.24, 2.45) is 0 Å². The van der Waals surface area contributed by atoms with Crippen LogP contribution in [0.3, 0.4) is 0 Å². The minimum absolute atomic E-state index is 0.171. The van der Waals surface area contributed by atoms with Crippen molar-refractivity contribution in [3.05, 3.63) is 42.0 Å². The molecule has 2 heterocycles. The molecule has 0 radical (unpaired) electrons. The summed E-state index contributed by atoms with van der Waals surface area (Å²) in [6, 6.07) is 12.8. The lowest BCUT2D eigenvalue weighted by molar-refractivity contribution is 0.0985. The van der Waals surface area contributed by atoms with Crippen LogP contribution in [0.1, 0.15) is 30.1 Å². The molecule has 1 fully saturated rings. The second-order valence-corrected chi connectivity index (χ2v) is 6.02. The number of anilines is 1. The van der Waals surface area contributed by atoms with Gasteiger partial charge in [0.2, 0.25) is 0 Å². The summed E-state index contributed by atoms with van der Waals surface area (Å²) in [5.41, 5.74) is 1.96. The molecule has 0 N–H and O–H groups in total. The quantitative estimate of drug-likeness (QED) is 0.861. The van der Waals surface area contributed by atoms with Crippen LogP contribution in [-0.4, -0.2) is 36.5 Å². The first-order chi connectivity index (χ1) is 10.3. The lowest BCUT2D eigenvalue weighted by Crippen LogP contribution is -2.41. The molecule has 0 aliphatic carbocycles. The number of benzene rings is 2. The monoisotopic (exact) mass is 280 g/mol. The van der Waals surface area contributed by atoms with E-state index in [0.29, 0.717) is 6.04 Å². The number of hydrogen-bond acceptors (Lipinski definition) is 2. The zero-order valence-electron chi connectivity index (χ0n) is 12.4. The predicted octanol–water partition coefficient (Wildman–Crippen LogP) is 3.28. The normalized spacial score (nSPS) is 21.7. The first kappa shape index (κ1) is 12.8. The molecular formula is C18H20N2O. The molecule has 0 bridgehead atoms. The number of hydrogen-bond donors (Lipinski definition) is 0. The van der Waals surface area contributed by atoms with Gasteiger partial charge in [-0.25, -0.2) is 0 Å². The van der Waals surface area contributed by atoms with Crippen LogP contribution in [0.5, 0.6) is 0 Å². The number of likely N-dealkylation sites (tertiary alicyclic amines) is 1. The molecular weight excluding hydrogens is 260 g/mol. The minimum Gasteiger partial charge on any atom is -0.306 e. The molecule has 1 atom stereocenters. The lowest BCUT2D eigenvalue weighted by Gasteiger charge is -2.28. The van der Waals surface area contributed by atoms with Gasteiger partial charge in [0.25, 0.3) is 5.91 Å². The molecule has 3 nitrogen and oxygen atoms in total. The molecule has 108 valence electrons. The second-order valence-electron chi connectivity index (χ2n) is 6.02.